The van der Waals surface area contributed by atoms with Crippen molar-refractivity contribution in [3.63, 3.8) is 0 Å². The first kappa shape index (κ1) is 10.2. The number of rotatable bonds is 2. The predicted octanol–water partition coefficient (Wildman–Crippen LogP) is 0.00582. The number of hydrogen-bond acceptors (Lipinski definition) is 4. The van der Waals surface area contributed by atoms with Crippen LogP contribution in [0.25, 0.3) is 0 Å². The third-order valence-corrected chi connectivity index (χ3v) is 2.79. The Morgan fingerprint density at radius 1 is 1.73 bits per heavy atom. The van der Waals surface area contributed by atoms with E-state index in [1.165, 1.54) is 0 Å². The molecule has 1 fully saturated rings. The maximum Gasteiger partial charge on any atom is 0.252 e. The van der Waals surface area contributed by atoms with Gasteiger partial charge in [0, 0.05) is 25.2 Å². The Labute approximate surface area is 88.3 Å². The van der Waals surface area contributed by atoms with Gasteiger partial charge in [0.2, 0.25) is 0 Å². The molecular formula is C10H16N4O. The monoisotopic (exact) mass is 208 g/mol. The zero-order chi connectivity index (χ0) is 10.8. The minimum Gasteiger partial charge on any atom is -0.352 e. The topological polar surface area (TPSA) is 75.0 Å². The van der Waals surface area contributed by atoms with E-state index in [4.69, 9.17) is 5.73 Å². The Kier molecular flexibility index (Phi) is 2.73. The Hall–Kier alpha value is -1.36. The van der Waals surface area contributed by atoms with Crippen LogP contribution >= 0.6 is 0 Å². The number of H-pyrrole nitrogens is 1. The van der Waals surface area contributed by atoms with Gasteiger partial charge in [0.05, 0.1) is 0 Å². The molecule has 1 saturated heterocycles. The highest BCUT2D eigenvalue weighted by molar-refractivity contribution is 5.40. The van der Waals surface area contributed by atoms with Crippen molar-refractivity contribution in [3.05, 3.63) is 22.2 Å². The maximum absolute atomic E-state index is 11.3. The Bertz CT molecular complexity index is 401. The summed E-state index contributed by atoms with van der Waals surface area (Å²) in [5.74, 6) is 1.41. The van der Waals surface area contributed by atoms with Crippen molar-refractivity contribution in [1.82, 2.24) is 9.97 Å². The third-order valence-electron chi connectivity index (χ3n) is 2.79. The highest BCUT2D eigenvalue weighted by atomic mass is 16.1. The van der Waals surface area contributed by atoms with E-state index in [1.54, 1.807) is 13.0 Å². The van der Waals surface area contributed by atoms with Crippen LogP contribution in [0.3, 0.4) is 0 Å². The summed E-state index contributed by atoms with van der Waals surface area (Å²) in [5.41, 5.74) is 5.59. The van der Waals surface area contributed by atoms with E-state index in [0.717, 1.165) is 25.2 Å². The lowest BCUT2D eigenvalue weighted by atomic mass is 10.2. The van der Waals surface area contributed by atoms with Gasteiger partial charge in [0.15, 0.2) is 0 Å². The van der Waals surface area contributed by atoms with E-state index in [1.807, 2.05) is 0 Å². The summed E-state index contributed by atoms with van der Waals surface area (Å²) in [6, 6.07) is 1.87. The standard InChI is InChI=1S/C10H16N4O/c1-7-12-9(5-10(15)13-7)14-4-2-3-8(14)6-11/h5,8H,2-4,6,11H2,1H3,(H,12,13,15). The van der Waals surface area contributed by atoms with Crippen LogP contribution in [-0.2, 0) is 0 Å². The molecule has 15 heavy (non-hydrogen) atoms. The smallest absolute Gasteiger partial charge is 0.252 e. The van der Waals surface area contributed by atoms with Gasteiger partial charge in [-0.3, -0.25) is 4.79 Å². The summed E-state index contributed by atoms with van der Waals surface area (Å²) in [6.07, 6.45) is 2.21. The SMILES string of the molecule is Cc1nc(N2CCCC2CN)cc(=O)[nH]1. The van der Waals surface area contributed by atoms with Crippen LogP contribution in [0.15, 0.2) is 10.9 Å². The molecule has 1 aliphatic rings. The lowest BCUT2D eigenvalue weighted by Gasteiger charge is -2.24. The van der Waals surface area contributed by atoms with Crippen molar-refractivity contribution < 1.29 is 0 Å². The average Bonchev–Trinajstić information content (AvgIpc) is 2.63. The second-order valence-corrected chi connectivity index (χ2v) is 3.91. The molecule has 1 aliphatic heterocycles. The molecule has 0 aromatic carbocycles. The fraction of sp³-hybridized carbons (Fsp3) is 0.600. The number of nitrogens with one attached hydrogen (secondary N) is 1. The zero-order valence-electron chi connectivity index (χ0n) is 8.86. The lowest BCUT2D eigenvalue weighted by Crippen LogP contribution is -2.36. The number of aryl methyl sites for hydroxylation is 1. The van der Waals surface area contributed by atoms with Gasteiger partial charge in [-0.1, -0.05) is 0 Å². The first-order chi connectivity index (χ1) is 7.20. The van der Waals surface area contributed by atoms with E-state index >= 15 is 0 Å². The van der Waals surface area contributed by atoms with Crippen LogP contribution in [0.1, 0.15) is 18.7 Å². The van der Waals surface area contributed by atoms with Gasteiger partial charge in [-0.15, -0.1) is 0 Å². The van der Waals surface area contributed by atoms with Gasteiger partial charge in [-0.25, -0.2) is 4.98 Å². The van der Waals surface area contributed by atoms with E-state index in [9.17, 15) is 4.79 Å². The van der Waals surface area contributed by atoms with Gasteiger partial charge in [0.1, 0.15) is 11.6 Å². The van der Waals surface area contributed by atoms with Crippen molar-refractivity contribution in [3.8, 4) is 0 Å². The molecule has 0 radical (unpaired) electrons. The van der Waals surface area contributed by atoms with Crippen LogP contribution in [0, 0.1) is 6.92 Å². The maximum atomic E-state index is 11.3. The number of nitrogens with zero attached hydrogens (tertiary/aromatic N) is 2. The summed E-state index contributed by atoms with van der Waals surface area (Å²) in [5, 5.41) is 0. The van der Waals surface area contributed by atoms with Gasteiger partial charge in [-0.2, -0.15) is 0 Å². The molecule has 1 atom stereocenters. The molecule has 0 amide bonds. The third kappa shape index (κ3) is 2.02. The average molecular weight is 208 g/mol. The molecule has 5 nitrogen and oxygen atoms in total. The van der Waals surface area contributed by atoms with E-state index in [-0.39, 0.29) is 5.56 Å². The molecule has 82 valence electrons. The van der Waals surface area contributed by atoms with Crippen LogP contribution < -0.4 is 16.2 Å². The molecule has 3 N–H and O–H groups in total. The summed E-state index contributed by atoms with van der Waals surface area (Å²) in [6.45, 7) is 3.35. The van der Waals surface area contributed by atoms with E-state index in [0.29, 0.717) is 18.4 Å². The Morgan fingerprint density at radius 2 is 2.53 bits per heavy atom. The molecule has 1 unspecified atom stereocenters. The molecule has 1 aromatic heterocycles. The molecule has 0 aliphatic carbocycles. The summed E-state index contributed by atoms with van der Waals surface area (Å²) >= 11 is 0. The molecule has 0 spiro atoms. The molecule has 2 rings (SSSR count). The largest absolute Gasteiger partial charge is 0.352 e. The number of nitrogens with two attached hydrogens (primary N) is 1. The fourth-order valence-electron chi connectivity index (χ4n) is 2.09. The van der Waals surface area contributed by atoms with Gasteiger partial charge < -0.3 is 15.6 Å². The van der Waals surface area contributed by atoms with Gasteiger partial charge >= 0.3 is 0 Å². The van der Waals surface area contributed by atoms with Crippen LogP contribution in [0.4, 0.5) is 5.82 Å². The van der Waals surface area contributed by atoms with Gasteiger partial charge in [-0.05, 0) is 19.8 Å². The molecule has 1 aromatic rings. The molecule has 0 bridgehead atoms. The van der Waals surface area contributed by atoms with Crippen LogP contribution in [0.2, 0.25) is 0 Å². The first-order valence-corrected chi connectivity index (χ1v) is 5.25. The highest BCUT2D eigenvalue weighted by Gasteiger charge is 2.24. The minimum absolute atomic E-state index is 0.0971. The highest BCUT2D eigenvalue weighted by Crippen LogP contribution is 2.21. The number of aromatic amines is 1. The van der Waals surface area contributed by atoms with Crippen molar-refractivity contribution in [1.29, 1.82) is 0 Å². The zero-order valence-corrected chi connectivity index (χ0v) is 8.86. The molecule has 2 heterocycles. The van der Waals surface area contributed by atoms with E-state index < -0.39 is 0 Å². The predicted molar refractivity (Wildman–Crippen MR) is 59.0 cm³/mol. The molecular weight excluding hydrogens is 192 g/mol. The Morgan fingerprint density at radius 3 is 3.20 bits per heavy atom. The second-order valence-electron chi connectivity index (χ2n) is 3.91. The number of hydrogen-bond donors (Lipinski definition) is 2. The van der Waals surface area contributed by atoms with Gasteiger partial charge in [0.25, 0.3) is 5.56 Å². The minimum atomic E-state index is -0.0971. The number of anilines is 1. The number of aromatic nitrogens is 2. The first-order valence-electron chi connectivity index (χ1n) is 5.25. The Balaban J connectivity index is 2.32. The lowest BCUT2D eigenvalue weighted by molar-refractivity contribution is 0.669. The normalized spacial score (nSPS) is 20.9. The van der Waals surface area contributed by atoms with Crippen molar-refractivity contribution >= 4 is 5.82 Å². The molecule has 5 heteroatoms. The van der Waals surface area contributed by atoms with Crippen LogP contribution in [0.5, 0.6) is 0 Å². The molecule has 0 saturated carbocycles. The quantitative estimate of drug-likeness (QED) is 0.717. The summed E-state index contributed by atoms with van der Waals surface area (Å²) in [7, 11) is 0. The van der Waals surface area contributed by atoms with Crippen LogP contribution in [-0.4, -0.2) is 29.1 Å². The summed E-state index contributed by atoms with van der Waals surface area (Å²) < 4.78 is 0. The second kappa shape index (κ2) is 4.02. The summed E-state index contributed by atoms with van der Waals surface area (Å²) in [4.78, 5) is 20.4. The van der Waals surface area contributed by atoms with Crippen molar-refractivity contribution in [2.24, 2.45) is 5.73 Å². The van der Waals surface area contributed by atoms with Crippen molar-refractivity contribution in [2.75, 3.05) is 18.0 Å². The van der Waals surface area contributed by atoms with Crippen molar-refractivity contribution in [2.45, 2.75) is 25.8 Å². The van der Waals surface area contributed by atoms with E-state index in [2.05, 4.69) is 14.9 Å². The fourth-order valence-corrected chi connectivity index (χ4v) is 2.09.